The Labute approximate surface area is 125 Å². The molecule has 0 aliphatic heterocycles. The summed E-state index contributed by atoms with van der Waals surface area (Å²) in [6.45, 7) is 8.89. The maximum absolute atomic E-state index is 14.4. The molecule has 0 spiro atoms. The molecule has 0 bridgehead atoms. The van der Waals surface area contributed by atoms with Gasteiger partial charge >= 0.3 is 5.97 Å². The summed E-state index contributed by atoms with van der Waals surface area (Å²) in [5.74, 6) is -1.81. The van der Waals surface area contributed by atoms with Gasteiger partial charge in [-0.25, -0.2) is 8.78 Å². The van der Waals surface area contributed by atoms with Gasteiger partial charge in [-0.2, -0.15) is 0 Å². The van der Waals surface area contributed by atoms with Crippen molar-refractivity contribution in [2.24, 2.45) is 23.0 Å². The summed E-state index contributed by atoms with van der Waals surface area (Å²) in [5, 5.41) is 0. The van der Waals surface area contributed by atoms with E-state index in [4.69, 9.17) is 10.5 Å². The van der Waals surface area contributed by atoms with Gasteiger partial charge in [0, 0.05) is 17.4 Å². The minimum absolute atomic E-state index is 0.0552. The van der Waals surface area contributed by atoms with E-state index < -0.39 is 35.2 Å². The van der Waals surface area contributed by atoms with Crippen molar-refractivity contribution in [1.82, 2.24) is 0 Å². The number of ether oxygens (including phenoxy) is 1. The summed E-state index contributed by atoms with van der Waals surface area (Å²) >= 11 is 0. The number of carbonyl (C=O) groups is 1. The quantitative estimate of drug-likeness (QED) is 0.789. The van der Waals surface area contributed by atoms with Crippen LogP contribution in [0.25, 0.3) is 0 Å². The van der Waals surface area contributed by atoms with Gasteiger partial charge in [0.25, 0.3) is 0 Å². The summed E-state index contributed by atoms with van der Waals surface area (Å²) < 4.78 is 32.9. The van der Waals surface area contributed by atoms with Crippen LogP contribution in [0.3, 0.4) is 0 Å². The molecule has 1 rings (SSSR count). The molecule has 0 saturated heterocycles. The molecule has 0 aromatic heterocycles. The monoisotopic (exact) mass is 301 g/mol. The van der Waals surface area contributed by atoms with E-state index in [0.29, 0.717) is 0 Å². The van der Waals surface area contributed by atoms with E-state index in [2.05, 4.69) is 0 Å². The molecule has 0 aromatic rings. The smallest absolute Gasteiger partial charge is 0.322 e. The molecule has 1 aliphatic rings. The van der Waals surface area contributed by atoms with Crippen molar-refractivity contribution in [3.05, 3.63) is 23.8 Å². The lowest BCUT2D eigenvalue weighted by Crippen LogP contribution is -2.43. The van der Waals surface area contributed by atoms with E-state index in [9.17, 15) is 13.6 Å². The van der Waals surface area contributed by atoms with Crippen molar-refractivity contribution < 1.29 is 18.3 Å². The SMILES string of the molecule is CC(C)[C@@H]([C@H](C)OC(=O)[C@H](C)N)C1(C)CC=C(F)C=C1F. The highest BCUT2D eigenvalue weighted by Gasteiger charge is 2.45. The number of allylic oxidation sites excluding steroid dienone is 4. The number of esters is 1. The molecule has 1 aliphatic carbocycles. The molecule has 4 atom stereocenters. The average molecular weight is 301 g/mol. The van der Waals surface area contributed by atoms with Crippen LogP contribution in [0.5, 0.6) is 0 Å². The van der Waals surface area contributed by atoms with Crippen LogP contribution >= 0.6 is 0 Å². The van der Waals surface area contributed by atoms with Crippen LogP contribution in [0.4, 0.5) is 8.78 Å². The maximum atomic E-state index is 14.4. The molecule has 1 unspecified atom stereocenters. The van der Waals surface area contributed by atoms with E-state index in [1.54, 1.807) is 20.8 Å². The van der Waals surface area contributed by atoms with Crippen molar-refractivity contribution in [1.29, 1.82) is 0 Å². The van der Waals surface area contributed by atoms with Crippen LogP contribution < -0.4 is 5.73 Å². The first kappa shape index (κ1) is 17.8. The lowest BCUT2D eigenvalue weighted by atomic mass is 9.65. The molecule has 21 heavy (non-hydrogen) atoms. The highest BCUT2D eigenvalue weighted by atomic mass is 19.1. The van der Waals surface area contributed by atoms with E-state index in [1.165, 1.54) is 6.08 Å². The summed E-state index contributed by atoms with van der Waals surface area (Å²) in [4.78, 5) is 11.7. The molecule has 2 N–H and O–H groups in total. The summed E-state index contributed by atoms with van der Waals surface area (Å²) in [5.41, 5.74) is 4.61. The van der Waals surface area contributed by atoms with Gasteiger partial charge in [0.1, 0.15) is 23.8 Å². The highest BCUT2D eigenvalue weighted by Crippen LogP contribution is 2.48. The zero-order valence-electron chi connectivity index (χ0n) is 13.3. The number of carbonyl (C=O) groups excluding carboxylic acids is 1. The number of rotatable bonds is 5. The summed E-state index contributed by atoms with van der Waals surface area (Å²) in [6.07, 6.45) is 2.02. The van der Waals surface area contributed by atoms with Crippen LogP contribution in [0.1, 0.15) is 41.0 Å². The molecule has 0 saturated carbocycles. The van der Waals surface area contributed by atoms with Gasteiger partial charge in [-0.3, -0.25) is 4.79 Å². The third kappa shape index (κ3) is 3.90. The van der Waals surface area contributed by atoms with Gasteiger partial charge in [0.2, 0.25) is 0 Å². The topological polar surface area (TPSA) is 52.3 Å². The maximum Gasteiger partial charge on any atom is 0.322 e. The molecule has 3 nitrogen and oxygen atoms in total. The molecule has 0 amide bonds. The van der Waals surface area contributed by atoms with Gasteiger partial charge in [-0.05, 0) is 32.3 Å². The summed E-state index contributed by atoms with van der Waals surface area (Å²) in [7, 11) is 0. The highest BCUT2D eigenvalue weighted by molar-refractivity contribution is 5.75. The van der Waals surface area contributed by atoms with Crippen LogP contribution in [0.2, 0.25) is 0 Å². The Hall–Kier alpha value is -1.23. The van der Waals surface area contributed by atoms with Crippen molar-refractivity contribution in [3.63, 3.8) is 0 Å². The zero-order chi connectivity index (χ0) is 16.4. The largest absolute Gasteiger partial charge is 0.461 e. The number of nitrogens with two attached hydrogens (primary N) is 1. The van der Waals surface area contributed by atoms with Gasteiger partial charge in [0.05, 0.1) is 0 Å². The lowest BCUT2D eigenvalue weighted by molar-refractivity contribution is -0.155. The first-order valence-electron chi connectivity index (χ1n) is 7.29. The zero-order valence-corrected chi connectivity index (χ0v) is 13.3. The fourth-order valence-electron chi connectivity index (χ4n) is 3.21. The van der Waals surface area contributed by atoms with Crippen LogP contribution in [-0.4, -0.2) is 18.1 Å². The number of hydrogen-bond acceptors (Lipinski definition) is 3. The third-order valence-electron chi connectivity index (χ3n) is 4.16. The summed E-state index contributed by atoms with van der Waals surface area (Å²) in [6, 6.07) is -0.725. The second-order valence-electron chi connectivity index (χ2n) is 6.40. The molecule has 0 heterocycles. The first-order valence-corrected chi connectivity index (χ1v) is 7.29. The predicted molar refractivity (Wildman–Crippen MR) is 78.6 cm³/mol. The number of hydrogen-bond donors (Lipinski definition) is 1. The van der Waals surface area contributed by atoms with Gasteiger partial charge in [-0.1, -0.05) is 20.8 Å². The Kier molecular flexibility index (Phi) is 5.68. The molecule has 0 aromatic carbocycles. The van der Waals surface area contributed by atoms with Crippen LogP contribution in [-0.2, 0) is 9.53 Å². The van der Waals surface area contributed by atoms with Crippen LogP contribution in [0.15, 0.2) is 23.8 Å². The fourth-order valence-corrected chi connectivity index (χ4v) is 3.21. The molecule has 5 heteroatoms. The van der Waals surface area contributed by atoms with Crippen molar-refractivity contribution in [2.45, 2.75) is 53.2 Å². The van der Waals surface area contributed by atoms with Gasteiger partial charge < -0.3 is 10.5 Å². The minimum atomic E-state index is -0.888. The Morgan fingerprint density at radius 2 is 1.90 bits per heavy atom. The molecule has 120 valence electrons. The Bertz CT molecular complexity index is 457. The normalized spacial score (nSPS) is 26.7. The Balaban J connectivity index is 3.02. The Morgan fingerprint density at radius 3 is 2.33 bits per heavy atom. The molecule has 0 fully saturated rings. The standard InChI is InChI=1S/C16H25F2NO2/c1-9(2)14(11(4)21-15(20)10(3)19)16(5)7-6-12(17)8-13(16)18/h6,8-11,14H,7,19H2,1-5H3/t10-,11-,14-,16?/m0/s1. The Morgan fingerprint density at radius 1 is 1.33 bits per heavy atom. The molecular formula is C16H25F2NO2. The predicted octanol–water partition coefficient (Wildman–Crippen LogP) is 3.65. The van der Waals surface area contributed by atoms with E-state index in [1.807, 2.05) is 13.8 Å². The molecular weight excluding hydrogens is 276 g/mol. The average Bonchev–Trinajstić information content (AvgIpc) is 2.34. The van der Waals surface area contributed by atoms with Gasteiger partial charge in [0.15, 0.2) is 0 Å². The van der Waals surface area contributed by atoms with E-state index in [0.717, 1.165) is 6.08 Å². The minimum Gasteiger partial charge on any atom is -0.461 e. The van der Waals surface area contributed by atoms with E-state index in [-0.39, 0.29) is 18.3 Å². The fraction of sp³-hybridized carbons (Fsp3) is 0.688. The second-order valence-corrected chi connectivity index (χ2v) is 6.40. The van der Waals surface area contributed by atoms with Crippen LogP contribution in [0, 0.1) is 17.3 Å². The lowest BCUT2D eigenvalue weighted by Gasteiger charge is -2.42. The number of halogens is 2. The van der Waals surface area contributed by atoms with Crippen molar-refractivity contribution >= 4 is 5.97 Å². The van der Waals surface area contributed by atoms with E-state index >= 15 is 0 Å². The van der Waals surface area contributed by atoms with Crippen molar-refractivity contribution in [3.8, 4) is 0 Å². The second kappa shape index (κ2) is 6.69. The first-order chi connectivity index (χ1) is 9.59. The molecule has 0 radical (unpaired) electrons. The van der Waals surface area contributed by atoms with Crippen molar-refractivity contribution in [2.75, 3.05) is 0 Å². The van der Waals surface area contributed by atoms with Gasteiger partial charge in [-0.15, -0.1) is 0 Å². The third-order valence-corrected chi connectivity index (χ3v) is 4.16.